The fraction of sp³-hybridized carbons (Fsp3) is 0.217. The molecule has 1 aliphatic carbocycles. The number of ketones is 1. The van der Waals surface area contributed by atoms with Crippen molar-refractivity contribution in [1.82, 2.24) is 0 Å². The van der Waals surface area contributed by atoms with Crippen molar-refractivity contribution >= 4 is 34.7 Å². The largest absolute Gasteiger partial charge is 0.497 e. The molecule has 0 spiro atoms. The number of aryl methyl sites for hydroxylation is 2. The number of esters is 1. The molecule has 1 aromatic heterocycles. The normalized spacial score (nSPS) is 13.2. The first-order valence-electron chi connectivity index (χ1n) is 9.27. The monoisotopic (exact) mass is 426 g/mol. The highest BCUT2D eigenvalue weighted by Crippen LogP contribution is 2.41. The SMILES string of the molecule is COc1ccc2c(c1)CCc1cc(C(=O)OC(C)C(=O)c3ccc(Cl)cc3)sc1-2. The van der Waals surface area contributed by atoms with Crippen LogP contribution in [-0.2, 0) is 17.6 Å². The molecule has 1 heterocycles. The van der Waals surface area contributed by atoms with Gasteiger partial charge in [0.1, 0.15) is 10.6 Å². The Balaban J connectivity index is 1.52. The number of hydrogen-bond acceptors (Lipinski definition) is 5. The first-order chi connectivity index (χ1) is 14.0. The zero-order chi connectivity index (χ0) is 20.5. The van der Waals surface area contributed by atoms with E-state index in [0.29, 0.717) is 15.5 Å². The lowest BCUT2D eigenvalue weighted by Crippen LogP contribution is -2.24. The van der Waals surface area contributed by atoms with Crippen LogP contribution in [0.1, 0.15) is 38.1 Å². The van der Waals surface area contributed by atoms with Gasteiger partial charge in [0, 0.05) is 15.5 Å². The van der Waals surface area contributed by atoms with Gasteiger partial charge in [0.05, 0.1) is 7.11 Å². The third-order valence-corrected chi connectivity index (χ3v) is 6.46. The quantitative estimate of drug-likeness (QED) is 0.393. The molecule has 4 rings (SSSR count). The molecule has 0 N–H and O–H groups in total. The van der Waals surface area contributed by atoms with Gasteiger partial charge in [-0.1, -0.05) is 11.6 Å². The van der Waals surface area contributed by atoms with Crippen molar-refractivity contribution in [1.29, 1.82) is 0 Å². The van der Waals surface area contributed by atoms with Gasteiger partial charge in [-0.25, -0.2) is 4.79 Å². The second-order valence-electron chi connectivity index (χ2n) is 6.91. The van der Waals surface area contributed by atoms with E-state index in [4.69, 9.17) is 21.1 Å². The van der Waals surface area contributed by atoms with Crippen LogP contribution in [0, 0.1) is 0 Å². The van der Waals surface area contributed by atoms with Crippen LogP contribution in [-0.4, -0.2) is 25.0 Å². The average Bonchev–Trinajstić information content (AvgIpc) is 3.18. The second-order valence-corrected chi connectivity index (χ2v) is 8.40. The number of methoxy groups -OCH3 is 1. The van der Waals surface area contributed by atoms with Gasteiger partial charge in [0.25, 0.3) is 0 Å². The number of ether oxygens (including phenoxy) is 2. The van der Waals surface area contributed by atoms with E-state index in [1.54, 1.807) is 38.3 Å². The van der Waals surface area contributed by atoms with Gasteiger partial charge in [0.2, 0.25) is 5.78 Å². The van der Waals surface area contributed by atoms with E-state index in [1.807, 2.05) is 24.3 Å². The van der Waals surface area contributed by atoms with Gasteiger partial charge >= 0.3 is 5.97 Å². The molecule has 1 unspecified atom stereocenters. The molecule has 6 heteroatoms. The highest BCUT2D eigenvalue weighted by molar-refractivity contribution is 7.17. The number of hydrogen-bond donors (Lipinski definition) is 0. The minimum atomic E-state index is -0.876. The average molecular weight is 427 g/mol. The molecule has 0 amide bonds. The van der Waals surface area contributed by atoms with Crippen LogP contribution in [0.25, 0.3) is 10.4 Å². The molecule has 2 aromatic carbocycles. The van der Waals surface area contributed by atoms with Crippen LogP contribution in [0.3, 0.4) is 0 Å². The smallest absolute Gasteiger partial charge is 0.349 e. The fourth-order valence-corrected chi connectivity index (χ4v) is 4.74. The Kier molecular flexibility index (Phi) is 5.43. The molecule has 1 aliphatic rings. The first kappa shape index (κ1) is 19.7. The molecule has 0 saturated carbocycles. The van der Waals surface area contributed by atoms with Crippen molar-refractivity contribution in [3.05, 3.63) is 75.1 Å². The summed E-state index contributed by atoms with van der Waals surface area (Å²) in [5, 5.41) is 0.549. The molecular weight excluding hydrogens is 408 g/mol. The Hall–Kier alpha value is -2.63. The van der Waals surface area contributed by atoms with E-state index in [1.165, 1.54) is 16.9 Å². The number of rotatable bonds is 5. The van der Waals surface area contributed by atoms with Crippen molar-refractivity contribution in [2.45, 2.75) is 25.9 Å². The summed E-state index contributed by atoms with van der Waals surface area (Å²) >= 11 is 7.27. The topological polar surface area (TPSA) is 52.6 Å². The standard InChI is InChI=1S/C23H19ClO4S/c1-13(21(25)14-5-7-17(24)8-6-14)28-23(26)20-12-16-4-3-15-11-18(27-2)9-10-19(15)22(16)29-20/h5-13H,3-4H2,1-2H3. The summed E-state index contributed by atoms with van der Waals surface area (Å²) < 4.78 is 10.8. The maximum absolute atomic E-state index is 12.7. The number of carbonyl (C=O) groups is 2. The summed E-state index contributed by atoms with van der Waals surface area (Å²) in [5.74, 6) is 0.0981. The Morgan fingerprint density at radius 2 is 1.76 bits per heavy atom. The van der Waals surface area contributed by atoms with Gasteiger partial charge in [-0.3, -0.25) is 4.79 Å². The minimum absolute atomic E-state index is 0.256. The Morgan fingerprint density at radius 1 is 1.03 bits per heavy atom. The van der Waals surface area contributed by atoms with Crippen LogP contribution in [0.2, 0.25) is 5.02 Å². The summed E-state index contributed by atoms with van der Waals surface area (Å²) in [6.45, 7) is 1.59. The molecule has 3 aromatic rings. The van der Waals surface area contributed by atoms with Crippen LogP contribution < -0.4 is 4.74 Å². The maximum atomic E-state index is 12.7. The van der Waals surface area contributed by atoms with Gasteiger partial charge < -0.3 is 9.47 Å². The van der Waals surface area contributed by atoms with E-state index >= 15 is 0 Å². The molecule has 0 fully saturated rings. The lowest BCUT2D eigenvalue weighted by Gasteiger charge is -2.16. The lowest BCUT2D eigenvalue weighted by atomic mass is 9.91. The zero-order valence-corrected chi connectivity index (χ0v) is 17.6. The van der Waals surface area contributed by atoms with Crippen molar-refractivity contribution < 1.29 is 19.1 Å². The minimum Gasteiger partial charge on any atom is -0.497 e. The fourth-order valence-electron chi connectivity index (χ4n) is 3.46. The summed E-state index contributed by atoms with van der Waals surface area (Å²) in [4.78, 5) is 26.8. The van der Waals surface area contributed by atoms with Crippen molar-refractivity contribution in [2.75, 3.05) is 7.11 Å². The summed E-state index contributed by atoms with van der Waals surface area (Å²) in [5.41, 5.74) is 3.94. The molecule has 0 bridgehead atoms. The van der Waals surface area contributed by atoms with Gasteiger partial charge in [-0.05, 0) is 85.0 Å². The molecule has 29 heavy (non-hydrogen) atoms. The third-order valence-electron chi connectivity index (χ3n) is 5.01. The lowest BCUT2D eigenvalue weighted by molar-refractivity contribution is 0.0323. The Bertz CT molecular complexity index is 1080. The van der Waals surface area contributed by atoms with Crippen molar-refractivity contribution in [3.63, 3.8) is 0 Å². The van der Waals surface area contributed by atoms with Crippen LogP contribution >= 0.6 is 22.9 Å². The van der Waals surface area contributed by atoms with Crippen LogP contribution in [0.15, 0.2) is 48.5 Å². The number of fused-ring (bicyclic) bond motifs is 3. The molecule has 4 nitrogen and oxygen atoms in total. The Morgan fingerprint density at radius 3 is 2.48 bits per heavy atom. The van der Waals surface area contributed by atoms with Gasteiger partial charge in [-0.15, -0.1) is 11.3 Å². The van der Waals surface area contributed by atoms with Crippen molar-refractivity contribution in [3.8, 4) is 16.2 Å². The van der Waals surface area contributed by atoms with Gasteiger partial charge in [-0.2, -0.15) is 0 Å². The predicted molar refractivity (Wildman–Crippen MR) is 114 cm³/mol. The van der Waals surface area contributed by atoms with Crippen molar-refractivity contribution in [2.24, 2.45) is 0 Å². The number of Topliss-reactive ketones (excluding diaryl/α,β-unsaturated/α-hetero) is 1. The number of thiophene rings is 1. The zero-order valence-electron chi connectivity index (χ0n) is 16.0. The first-order valence-corrected chi connectivity index (χ1v) is 10.5. The maximum Gasteiger partial charge on any atom is 0.349 e. The predicted octanol–water partition coefficient (Wildman–Crippen LogP) is 5.60. The number of benzene rings is 2. The summed E-state index contributed by atoms with van der Waals surface area (Å²) in [6, 6.07) is 14.4. The van der Waals surface area contributed by atoms with E-state index in [9.17, 15) is 9.59 Å². The molecular formula is C23H19ClO4S. The number of halogens is 1. The Labute approximate surface area is 178 Å². The van der Waals surface area contributed by atoms with E-state index < -0.39 is 12.1 Å². The number of carbonyl (C=O) groups excluding carboxylic acids is 2. The molecule has 148 valence electrons. The molecule has 0 aliphatic heterocycles. The summed E-state index contributed by atoms with van der Waals surface area (Å²) in [6.07, 6.45) is 0.883. The molecule has 1 atom stereocenters. The molecule has 0 saturated heterocycles. The van der Waals surface area contributed by atoms with E-state index in [-0.39, 0.29) is 5.78 Å². The molecule has 0 radical (unpaired) electrons. The van der Waals surface area contributed by atoms with E-state index in [0.717, 1.165) is 34.6 Å². The van der Waals surface area contributed by atoms with Crippen LogP contribution in [0.5, 0.6) is 5.75 Å². The third kappa shape index (κ3) is 3.93. The van der Waals surface area contributed by atoms with Crippen LogP contribution in [0.4, 0.5) is 0 Å². The highest BCUT2D eigenvalue weighted by Gasteiger charge is 2.25. The second kappa shape index (κ2) is 8.01. The highest BCUT2D eigenvalue weighted by atomic mass is 35.5. The summed E-state index contributed by atoms with van der Waals surface area (Å²) in [7, 11) is 1.65. The van der Waals surface area contributed by atoms with E-state index in [2.05, 4.69) is 0 Å². The van der Waals surface area contributed by atoms with Gasteiger partial charge in [0.15, 0.2) is 6.10 Å².